The SMILES string of the molecule is COCCN(Cc1c(C)nn(-c2ccc(Cl)cc2)c1Oc1ccccc1OC)S(=O)(=O)c1ccc(OC)cc1. The first-order chi connectivity index (χ1) is 18.8. The van der Waals surface area contributed by atoms with Crippen molar-refractivity contribution in [1.29, 1.82) is 0 Å². The van der Waals surface area contributed by atoms with Crippen molar-refractivity contribution in [3.63, 3.8) is 0 Å². The first kappa shape index (κ1) is 28.4. The van der Waals surface area contributed by atoms with E-state index >= 15 is 0 Å². The van der Waals surface area contributed by atoms with Gasteiger partial charge in [0.2, 0.25) is 15.9 Å². The van der Waals surface area contributed by atoms with Crippen LogP contribution in [0, 0.1) is 6.92 Å². The molecule has 0 unspecified atom stereocenters. The number of nitrogens with zero attached hydrogens (tertiary/aromatic N) is 3. The summed E-state index contributed by atoms with van der Waals surface area (Å²) in [6.45, 7) is 2.11. The van der Waals surface area contributed by atoms with Gasteiger partial charge in [-0.2, -0.15) is 9.40 Å². The Balaban J connectivity index is 1.81. The molecule has 0 radical (unpaired) electrons. The van der Waals surface area contributed by atoms with Gasteiger partial charge in [-0.1, -0.05) is 23.7 Å². The Hall–Kier alpha value is -3.57. The van der Waals surface area contributed by atoms with E-state index in [0.717, 1.165) is 0 Å². The van der Waals surface area contributed by atoms with Gasteiger partial charge in [0.15, 0.2) is 11.5 Å². The van der Waals surface area contributed by atoms with E-state index in [4.69, 9.17) is 35.6 Å². The zero-order valence-corrected chi connectivity index (χ0v) is 23.7. The van der Waals surface area contributed by atoms with Crippen LogP contribution >= 0.6 is 11.6 Å². The number of methoxy groups -OCH3 is 3. The molecule has 0 aliphatic heterocycles. The molecule has 4 aromatic rings. The first-order valence-corrected chi connectivity index (χ1v) is 13.9. The van der Waals surface area contributed by atoms with Crippen LogP contribution in [0.4, 0.5) is 0 Å². The molecule has 11 heteroatoms. The van der Waals surface area contributed by atoms with E-state index in [0.29, 0.717) is 45.1 Å². The summed E-state index contributed by atoms with van der Waals surface area (Å²) in [5.74, 6) is 1.89. The van der Waals surface area contributed by atoms with E-state index in [9.17, 15) is 8.42 Å². The maximum Gasteiger partial charge on any atom is 0.243 e. The van der Waals surface area contributed by atoms with Gasteiger partial charge in [0, 0.05) is 25.2 Å². The molecule has 0 aliphatic rings. The molecule has 0 fully saturated rings. The molecule has 9 nitrogen and oxygen atoms in total. The lowest BCUT2D eigenvalue weighted by atomic mass is 10.2. The van der Waals surface area contributed by atoms with Crippen LogP contribution in [0.3, 0.4) is 0 Å². The average Bonchev–Trinajstić information content (AvgIpc) is 3.25. The maximum absolute atomic E-state index is 13.8. The van der Waals surface area contributed by atoms with E-state index in [2.05, 4.69) is 0 Å². The van der Waals surface area contributed by atoms with E-state index in [-0.39, 0.29) is 24.6 Å². The van der Waals surface area contributed by atoms with Crippen LogP contribution in [0.2, 0.25) is 5.02 Å². The largest absolute Gasteiger partial charge is 0.497 e. The molecule has 0 bridgehead atoms. The number of aryl methyl sites for hydroxylation is 1. The zero-order valence-electron chi connectivity index (χ0n) is 22.1. The highest BCUT2D eigenvalue weighted by atomic mass is 35.5. The van der Waals surface area contributed by atoms with Crippen molar-refractivity contribution >= 4 is 21.6 Å². The monoisotopic (exact) mass is 571 g/mol. The molecule has 0 N–H and O–H groups in total. The summed E-state index contributed by atoms with van der Waals surface area (Å²) in [5, 5.41) is 5.29. The van der Waals surface area contributed by atoms with E-state index < -0.39 is 10.0 Å². The first-order valence-electron chi connectivity index (χ1n) is 12.1. The summed E-state index contributed by atoms with van der Waals surface area (Å²) in [6.07, 6.45) is 0. The Morgan fingerprint density at radius 2 is 1.56 bits per heavy atom. The molecule has 1 heterocycles. The molecular formula is C28H30ClN3O6S. The normalized spacial score (nSPS) is 11.5. The Kier molecular flexibility index (Phi) is 9.13. The lowest BCUT2D eigenvalue weighted by Gasteiger charge is -2.23. The molecule has 206 valence electrons. The third-order valence-electron chi connectivity index (χ3n) is 6.06. The van der Waals surface area contributed by atoms with Crippen molar-refractivity contribution < 1.29 is 27.4 Å². The van der Waals surface area contributed by atoms with Gasteiger partial charge < -0.3 is 18.9 Å². The van der Waals surface area contributed by atoms with Gasteiger partial charge in [-0.3, -0.25) is 0 Å². The van der Waals surface area contributed by atoms with Crippen LogP contribution in [0.25, 0.3) is 5.69 Å². The molecule has 0 amide bonds. The van der Waals surface area contributed by atoms with Crippen LogP contribution in [0.5, 0.6) is 23.1 Å². The fourth-order valence-corrected chi connectivity index (χ4v) is 5.46. The van der Waals surface area contributed by atoms with Gasteiger partial charge in [0.1, 0.15) is 5.75 Å². The Morgan fingerprint density at radius 3 is 2.18 bits per heavy atom. The summed E-state index contributed by atoms with van der Waals surface area (Å²) in [5.41, 5.74) is 1.88. The maximum atomic E-state index is 13.8. The number of para-hydroxylation sites is 2. The minimum atomic E-state index is -3.91. The average molecular weight is 572 g/mol. The summed E-state index contributed by atoms with van der Waals surface area (Å²) >= 11 is 6.12. The second-order valence-electron chi connectivity index (χ2n) is 8.52. The number of halogens is 1. The van der Waals surface area contributed by atoms with E-state index in [1.165, 1.54) is 30.7 Å². The molecular weight excluding hydrogens is 542 g/mol. The summed E-state index contributed by atoms with van der Waals surface area (Å²) < 4.78 is 52.8. The minimum Gasteiger partial charge on any atom is -0.497 e. The Labute approximate surface area is 233 Å². The Bertz CT molecular complexity index is 1510. The van der Waals surface area contributed by atoms with Crippen molar-refractivity contribution in [2.24, 2.45) is 0 Å². The molecule has 3 aromatic carbocycles. The third kappa shape index (κ3) is 6.36. The summed E-state index contributed by atoms with van der Waals surface area (Å²) in [6, 6.07) is 20.6. The lowest BCUT2D eigenvalue weighted by Crippen LogP contribution is -2.33. The molecule has 0 spiro atoms. The number of hydrogen-bond acceptors (Lipinski definition) is 7. The molecule has 39 heavy (non-hydrogen) atoms. The standard InChI is InChI=1S/C28H30ClN3O6S/c1-20-25(19-31(17-18-35-2)39(33,34)24-15-13-23(36-3)14-16-24)28(38-27-8-6-5-7-26(27)37-4)32(30-20)22-11-9-21(29)10-12-22/h5-16H,17-19H2,1-4H3. The van der Waals surface area contributed by atoms with E-state index in [1.54, 1.807) is 48.2 Å². The fourth-order valence-electron chi connectivity index (χ4n) is 3.94. The minimum absolute atomic E-state index is 0.0123. The predicted molar refractivity (Wildman–Crippen MR) is 149 cm³/mol. The summed E-state index contributed by atoms with van der Waals surface area (Å²) in [4.78, 5) is 0.134. The molecule has 0 saturated carbocycles. The quantitative estimate of drug-likeness (QED) is 0.222. The topological polar surface area (TPSA) is 92.1 Å². The third-order valence-corrected chi connectivity index (χ3v) is 8.17. The highest BCUT2D eigenvalue weighted by molar-refractivity contribution is 7.89. The van der Waals surface area contributed by atoms with Gasteiger partial charge in [-0.05, 0) is 67.6 Å². The van der Waals surface area contributed by atoms with Gasteiger partial charge in [0.25, 0.3) is 0 Å². The molecule has 0 aliphatic carbocycles. The highest BCUT2D eigenvalue weighted by Gasteiger charge is 2.29. The number of rotatable bonds is 12. The van der Waals surface area contributed by atoms with Crippen LogP contribution in [-0.4, -0.2) is 57.0 Å². The number of sulfonamides is 1. The lowest BCUT2D eigenvalue weighted by molar-refractivity contribution is 0.177. The molecule has 0 atom stereocenters. The number of aromatic nitrogens is 2. The zero-order chi connectivity index (χ0) is 28.0. The number of hydrogen-bond donors (Lipinski definition) is 0. The van der Waals surface area contributed by atoms with E-state index in [1.807, 2.05) is 31.2 Å². The van der Waals surface area contributed by atoms with Crippen LogP contribution in [0.15, 0.2) is 77.7 Å². The fraction of sp³-hybridized carbons (Fsp3) is 0.250. The van der Waals surface area contributed by atoms with Crippen molar-refractivity contribution in [1.82, 2.24) is 14.1 Å². The predicted octanol–water partition coefficient (Wildman–Crippen LogP) is 5.48. The van der Waals surface area contributed by atoms with Crippen molar-refractivity contribution in [3.05, 3.63) is 89.1 Å². The van der Waals surface area contributed by atoms with Gasteiger partial charge >= 0.3 is 0 Å². The van der Waals surface area contributed by atoms with Crippen LogP contribution in [0.1, 0.15) is 11.3 Å². The molecule has 0 saturated heterocycles. The van der Waals surface area contributed by atoms with Gasteiger partial charge in [-0.25, -0.2) is 13.1 Å². The van der Waals surface area contributed by atoms with Gasteiger partial charge in [-0.15, -0.1) is 0 Å². The van der Waals surface area contributed by atoms with Crippen molar-refractivity contribution in [3.8, 4) is 28.8 Å². The second-order valence-corrected chi connectivity index (χ2v) is 10.9. The smallest absolute Gasteiger partial charge is 0.243 e. The van der Waals surface area contributed by atoms with Gasteiger partial charge in [0.05, 0.1) is 42.7 Å². The molecule has 4 rings (SSSR count). The van der Waals surface area contributed by atoms with Crippen molar-refractivity contribution in [2.75, 3.05) is 34.5 Å². The number of benzene rings is 3. The Morgan fingerprint density at radius 1 is 0.897 bits per heavy atom. The van der Waals surface area contributed by atoms with Crippen molar-refractivity contribution in [2.45, 2.75) is 18.4 Å². The summed E-state index contributed by atoms with van der Waals surface area (Å²) in [7, 11) is 0.693. The second kappa shape index (κ2) is 12.5. The van der Waals surface area contributed by atoms with Crippen LogP contribution in [-0.2, 0) is 21.3 Å². The highest BCUT2D eigenvalue weighted by Crippen LogP contribution is 2.37. The van der Waals surface area contributed by atoms with Crippen LogP contribution < -0.4 is 14.2 Å². The molecule has 1 aromatic heterocycles. The number of ether oxygens (including phenoxy) is 4.